The summed E-state index contributed by atoms with van der Waals surface area (Å²) in [6, 6.07) is 6.61. The predicted molar refractivity (Wildman–Crippen MR) is 76.2 cm³/mol. The van der Waals surface area contributed by atoms with E-state index < -0.39 is 17.1 Å². The van der Waals surface area contributed by atoms with Gasteiger partial charge in [0.25, 0.3) is 5.12 Å². The van der Waals surface area contributed by atoms with Crippen LogP contribution in [0.25, 0.3) is 0 Å². The van der Waals surface area contributed by atoms with Gasteiger partial charge in [-0.25, -0.2) is 4.79 Å². The van der Waals surface area contributed by atoms with Crippen LogP contribution in [0, 0.1) is 0 Å². The Labute approximate surface area is 126 Å². The first-order valence-corrected chi connectivity index (χ1v) is 7.32. The highest BCUT2D eigenvalue weighted by molar-refractivity contribution is 8.00. The molecule has 1 aromatic rings. The normalized spacial score (nSPS) is 20.9. The zero-order valence-corrected chi connectivity index (χ0v) is 12.6. The standard InChI is InChI=1S/C14H16O6S/c1-10(15)20-14(19-6-7-21-14)9-18-13(16)11-4-3-5-12(8-11)17-2/h3-5,8H,6-7,9H2,1-2H3. The van der Waals surface area contributed by atoms with Crippen molar-refractivity contribution >= 4 is 23.7 Å². The third-order valence-corrected chi connectivity index (χ3v) is 3.84. The molecule has 1 atom stereocenters. The molecule has 1 saturated heterocycles. The summed E-state index contributed by atoms with van der Waals surface area (Å²) >= 11 is 1.30. The third-order valence-electron chi connectivity index (χ3n) is 2.71. The molecular formula is C14H16O6S. The molecule has 0 N–H and O–H groups in total. The fourth-order valence-corrected chi connectivity index (χ4v) is 2.78. The van der Waals surface area contributed by atoms with Crippen LogP contribution < -0.4 is 4.74 Å². The first-order chi connectivity index (χ1) is 10.0. The van der Waals surface area contributed by atoms with Crippen LogP contribution in [0.1, 0.15) is 17.3 Å². The van der Waals surface area contributed by atoms with E-state index in [0.717, 1.165) is 0 Å². The van der Waals surface area contributed by atoms with Gasteiger partial charge in [0.05, 0.1) is 19.3 Å². The Morgan fingerprint density at radius 2 is 2.24 bits per heavy atom. The summed E-state index contributed by atoms with van der Waals surface area (Å²) in [4.78, 5) is 23.1. The quantitative estimate of drug-likeness (QED) is 0.768. The maximum Gasteiger partial charge on any atom is 0.338 e. The molecule has 2 rings (SSSR count). The fourth-order valence-electron chi connectivity index (χ4n) is 1.81. The van der Waals surface area contributed by atoms with Crippen molar-refractivity contribution < 1.29 is 28.5 Å². The molecule has 0 spiro atoms. The van der Waals surface area contributed by atoms with Crippen molar-refractivity contribution in [3.8, 4) is 5.75 Å². The predicted octanol–water partition coefficient (Wildman–Crippen LogP) is 1.83. The number of ether oxygens (including phenoxy) is 4. The maximum atomic E-state index is 12.0. The van der Waals surface area contributed by atoms with Crippen LogP contribution in [0.2, 0.25) is 0 Å². The van der Waals surface area contributed by atoms with Crippen molar-refractivity contribution in [2.75, 3.05) is 26.1 Å². The van der Waals surface area contributed by atoms with Crippen molar-refractivity contribution in [3.05, 3.63) is 29.8 Å². The summed E-state index contributed by atoms with van der Waals surface area (Å²) < 4.78 is 20.8. The largest absolute Gasteiger partial charge is 0.497 e. The van der Waals surface area contributed by atoms with Crippen molar-refractivity contribution in [2.45, 2.75) is 12.0 Å². The minimum atomic E-state index is -1.24. The van der Waals surface area contributed by atoms with Crippen LogP contribution in [0.15, 0.2) is 24.3 Å². The lowest BCUT2D eigenvalue weighted by Gasteiger charge is -2.25. The summed E-state index contributed by atoms with van der Waals surface area (Å²) in [6.45, 7) is 1.57. The minimum Gasteiger partial charge on any atom is -0.497 e. The lowest BCUT2D eigenvalue weighted by molar-refractivity contribution is -0.193. The van der Waals surface area contributed by atoms with Crippen LogP contribution in [0.3, 0.4) is 0 Å². The van der Waals surface area contributed by atoms with Crippen LogP contribution in [-0.4, -0.2) is 43.1 Å². The highest BCUT2D eigenvalue weighted by Crippen LogP contribution is 2.34. The van der Waals surface area contributed by atoms with E-state index in [0.29, 0.717) is 23.7 Å². The van der Waals surface area contributed by atoms with E-state index in [9.17, 15) is 9.59 Å². The molecule has 21 heavy (non-hydrogen) atoms. The molecular weight excluding hydrogens is 296 g/mol. The molecule has 1 heterocycles. The Balaban J connectivity index is 2.00. The summed E-state index contributed by atoms with van der Waals surface area (Å²) in [6.07, 6.45) is 0. The number of rotatable bonds is 5. The minimum absolute atomic E-state index is 0.159. The average molecular weight is 312 g/mol. The Morgan fingerprint density at radius 1 is 1.43 bits per heavy atom. The molecule has 0 aliphatic carbocycles. The molecule has 0 amide bonds. The molecule has 1 fully saturated rings. The van der Waals surface area contributed by atoms with Gasteiger partial charge in [0, 0.05) is 12.7 Å². The van der Waals surface area contributed by atoms with Gasteiger partial charge >= 0.3 is 11.9 Å². The Bertz CT molecular complexity index is 524. The van der Waals surface area contributed by atoms with Crippen molar-refractivity contribution in [3.63, 3.8) is 0 Å². The number of thioether (sulfide) groups is 1. The zero-order chi connectivity index (χ0) is 15.3. The van der Waals surface area contributed by atoms with Crippen LogP contribution in [0.4, 0.5) is 0 Å². The van der Waals surface area contributed by atoms with E-state index in [2.05, 4.69) is 0 Å². The molecule has 114 valence electrons. The van der Waals surface area contributed by atoms with Crippen molar-refractivity contribution in [2.24, 2.45) is 0 Å². The van der Waals surface area contributed by atoms with E-state index in [1.54, 1.807) is 24.3 Å². The zero-order valence-electron chi connectivity index (χ0n) is 11.8. The van der Waals surface area contributed by atoms with Crippen molar-refractivity contribution in [1.82, 2.24) is 0 Å². The number of esters is 2. The van der Waals surface area contributed by atoms with Crippen LogP contribution in [0.5, 0.6) is 5.75 Å². The Morgan fingerprint density at radius 3 is 2.86 bits per heavy atom. The van der Waals surface area contributed by atoms with Gasteiger partial charge in [0.15, 0.2) is 6.61 Å². The van der Waals surface area contributed by atoms with Crippen LogP contribution in [-0.2, 0) is 19.0 Å². The van der Waals surface area contributed by atoms with Gasteiger partial charge in [0.1, 0.15) is 5.75 Å². The molecule has 0 saturated carbocycles. The molecule has 0 bridgehead atoms. The summed E-state index contributed by atoms with van der Waals surface area (Å²) in [5.41, 5.74) is 0.357. The second kappa shape index (κ2) is 6.82. The number of hydrogen-bond donors (Lipinski definition) is 0. The molecule has 1 unspecified atom stereocenters. The summed E-state index contributed by atoms with van der Waals surface area (Å²) in [5, 5.41) is -1.24. The lowest BCUT2D eigenvalue weighted by atomic mass is 10.2. The van der Waals surface area contributed by atoms with Gasteiger partial charge in [-0.1, -0.05) is 17.8 Å². The van der Waals surface area contributed by atoms with E-state index >= 15 is 0 Å². The smallest absolute Gasteiger partial charge is 0.338 e. The third kappa shape index (κ3) is 4.12. The molecule has 7 heteroatoms. The van der Waals surface area contributed by atoms with E-state index in [1.807, 2.05) is 0 Å². The average Bonchev–Trinajstić information content (AvgIpc) is 2.93. The highest BCUT2D eigenvalue weighted by atomic mass is 32.2. The van der Waals surface area contributed by atoms with Crippen molar-refractivity contribution in [1.29, 1.82) is 0 Å². The van der Waals surface area contributed by atoms with E-state index in [-0.39, 0.29) is 6.61 Å². The van der Waals surface area contributed by atoms with Gasteiger partial charge < -0.3 is 18.9 Å². The second-order valence-electron chi connectivity index (χ2n) is 4.28. The molecule has 6 nitrogen and oxygen atoms in total. The SMILES string of the molecule is COc1cccc(C(=O)OCC2(OC(C)=O)OCCS2)c1. The van der Waals surface area contributed by atoms with Gasteiger partial charge in [-0.15, -0.1) is 0 Å². The fraction of sp³-hybridized carbons (Fsp3) is 0.429. The number of methoxy groups -OCH3 is 1. The van der Waals surface area contributed by atoms with Crippen LogP contribution >= 0.6 is 11.8 Å². The Kier molecular flexibility index (Phi) is 5.08. The number of carbonyl (C=O) groups is 2. The molecule has 1 aromatic carbocycles. The van der Waals surface area contributed by atoms with Gasteiger partial charge in [-0.05, 0) is 18.2 Å². The molecule has 1 aliphatic heterocycles. The molecule has 1 aliphatic rings. The first-order valence-electron chi connectivity index (χ1n) is 6.33. The number of hydrogen-bond acceptors (Lipinski definition) is 7. The highest BCUT2D eigenvalue weighted by Gasteiger charge is 2.41. The van der Waals surface area contributed by atoms with E-state index in [1.165, 1.54) is 25.8 Å². The van der Waals surface area contributed by atoms with Gasteiger partial charge in [0.2, 0.25) is 0 Å². The van der Waals surface area contributed by atoms with Gasteiger partial charge in [-0.3, -0.25) is 4.79 Å². The molecule has 0 aromatic heterocycles. The summed E-state index contributed by atoms with van der Waals surface area (Å²) in [5.74, 6) is 0.216. The topological polar surface area (TPSA) is 71.1 Å². The maximum absolute atomic E-state index is 12.0. The summed E-state index contributed by atoms with van der Waals surface area (Å²) in [7, 11) is 1.52. The molecule has 0 radical (unpaired) electrons. The number of carbonyl (C=O) groups excluding carboxylic acids is 2. The lowest BCUT2D eigenvalue weighted by Crippen LogP contribution is -2.36. The first kappa shape index (κ1) is 15.7. The number of benzene rings is 1. The Hall–Kier alpha value is -1.73. The van der Waals surface area contributed by atoms with E-state index in [4.69, 9.17) is 18.9 Å². The second-order valence-corrected chi connectivity index (χ2v) is 5.60. The van der Waals surface area contributed by atoms with Gasteiger partial charge in [-0.2, -0.15) is 0 Å². The monoisotopic (exact) mass is 312 g/mol.